The van der Waals surface area contributed by atoms with Crippen LogP contribution in [0.15, 0.2) is 12.3 Å². The summed E-state index contributed by atoms with van der Waals surface area (Å²) in [6, 6.07) is 1.47. The summed E-state index contributed by atoms with van der Waals surface area (Å²) < 4.78 is 24.4. The summed E-state index contributed by atoms with van der Waals surface area (Å²) in [4.78, 5) is 15.9. The molecular weight excluding hydrogens is 401 g/mol. The number of thiocarbonyl (C=S) groups is 1. The fourth-order valence-electron chi connectivity index (χ4n) is 1.46. The average Bonchev–Trinajstić information content (AvgIpc) is 2.26. The molecule has 0 fully saturated rings. The largest absolute Gasteiger partial charge is 0.389 e. The number of carbonyl (C=O) groups is 1. The van der Waals surface area contributed by atoms with Gasteiger partial charge in [-0.15, -0.1) is 0 Å². The van der Waals surface area contributed by atoms with Crippen LogP contribution >= 0.6 is 34.8 Å². The molecule has 0 unspecified atom stereocenters. The first-order valence-electron chi connectivity index (χ1n) is 5.04. The van der Waals surface area contributed by atoms with Crippen molar-refractivity contribution >= 4 is 61.4 Å². The van der Waals surface area contributed by atoms with Gasteiger partial charge in [0.05, 0.1) is 21.9 Å². The SMILES string of the molecule is Cc1cc(N(C(=O)CI)S(C)(=O)=O)c(C(N)=S)cn1. The van der Waals surface area contributed by atoms with E-state index in [-0.39, 0.29) is 20.7 Å². The number of anilines is 1. The number of sulfonamides is 1. The van der Waals surface area contributed by atoms with Gasteiger partial charge in [-0.3, -0.25) is 9.78 Å². The van der Waals surface area contributed by atoms with Crippen LogP contribution in [-0.2, 0) is 14.8 Å². The maximum atomic E-state index is 11.9. The van der Waals surface area contributed by atoms with Gasteiger partial charge >= 0.3 is 0 Å². The quantitative estimate of drug-likeness (QED) is 0.445. The van der Waals surface area contributed by atoms with Crippen molar-refractivity contribution in [1.82, 2.24) is 4.98 Å². The summed E-state index contributed by atoms with van der Waals surface area (Å²) in [5.74, 6) is -0.564. The van der Waals surface area contributed by atoms with E-state index in [4.69, 9.17) is 18.0 Å². The number of aryl methyl sites for hydroxylation is 1. The van der Waals surface area contributed by atoms with Crippen LogP contribution in [0.4, 0.5) is 5.69 Å². The van der Waals surface area contributed by atoms with Crippen molar-refractivity contribution in [2.45, 2.75) is 6.92 Å². The Morgan fingerprint density at radius 3 is 2.58 bits per heavy atom. The van der Waals surface area contributed by atoms with Crippen LogP contribution in [-0.4, -0.2) is 35.0 Å². The van der Waals surface area contributed by atoms with Gasteiger partial charge in [0, 0.05) is 11.9 Å². The number of hydrogen-bond donors (Lipinski definition) is 1. The molecule has 0 saturated heterocycles. The minimum Gasteiger partial charge on any atom is -0.389 e. The second-order valence-corrected chi connectivity index (χ2v) is 6.80. The molecule has 6 nitrogen and oxygen atoms in total. The lowest BCUT2D eigenvalue weighted by atomic mass is 10.2. The maximum absolute atomic E-state index is 11.9. The number of nitrogens with zero attached hydrogens (tertiary/aromatic N) is 2. The molecule has 0 radical (unpaired) electrons. The molecule has 9 heteroatoms. The number of amides is 1. The fourth-order valence-corrected chi connectivity index (χ4v) is 3.13. The summed E-state index contributed by atoms with van der Waals surface area (Å²) in [5.41, 5.74) is 6.50. The highest BCUT2D eigenvalue weighted by molar-refractivity contribution is 14.1. The summed E-state index contributed by atoms with van der Waals surface area (Å²) in [7, 11) is -3.77. The topological polar surface area (TPSA) is 93.4 Å². The number of aromatic nitrogens is 1. The molecule has 1 amide bonds. The standard InChI is InChI=1S/C10H12IN3O3S2/c1-6-3-8(7(5-13-6)10(12)18)14(9(15)4-11)19(2,16)17/h3,5H,4H2,1-2H3,(H2,12,18). The first-order valence-corrected chi connectivity index (χ1v) is 8.82. The van der Waals surface area contributed by atoms with Crippen molar-refractivity contribution < 1.29 is 13.2 Å². The third kappa shape index (κ3) is 3.83. The number of hydrogen-bond acceptors (Lipinski definition) is 5. The number of alkyl halides is 1. The highest BCUT2D eigenvalue weighted by atomic mass is 127. The van der Waals surface area contributed by atoms with Gasteiger partial charge in [-0.05, 0) is 13.0 Å². The number of rotatable bonds is 4. The number of halogens is 1. The van der Waals surface area contributed by atoms with Crippen molar-refractivity contribution in [3.63, 3.8) is 0 Å². The number of nitrogens with two attached hydrogens (primary N) is 1. The van der Waals surface area contributed by atoms with Gasteiger partial charge in [-0.1, -0.05) is 34.8 Å². The zero-order chi connectivity index (χ0) is 14.8. The zero-order valence-electron chi connectivity index (χ0n) is 10.3. The Labute approximate surface area is 130 Å². The highest BCUT2D eigenvalue weighted by Gasteiger charge is 2.27. The molecule has 0 atom stereocenters. The Hall–Kier alpha value is -0.810. The summed E-state index contributed by atoms with van der Waals surface area (Å²) in [5, 5.41) is 0. The van der Waals surface area contributed by atoms with Gasteiger partial charge in [0.1, 0.15) is 4.99 Å². The van der Waals surface area contributed by atoms with Crippen LogP contribution in [0.2, 0.25) is 0 Å². The first kappa shape index (κ1) is 16.2. The Kier molecular flexibility index (Phi) is 5.21. The van der Waals surface area contributed by atoms with Gasteiger partial charge in [0.25, 0.3) is 5.91 Å². The lowest BCUT2D eigenvalue weighted by Crippen LogP contribution is -2.38. The monoisotopic (exact) mass is 413 g/mol. The minimum atomic E-state index is -3.77. The molecule has 1 aromatic heterocycles. The van der Waals surface area contributed by atoms with E-state index < -0.39 is 15.9 Å². The molecule has 1 heterocycles. The van der Waals surface area contributed by atoms with Gasteiger partial charge < -0.3 is 5.73 Å². The third-order valence-electron chi connectivity index (χ3n) is 2.18. The van der Waals surface area contributed by atoms with E-state index in [1.807, 2.05) is 0 Å². The molecule has 0 spiro atoms. The van der Waals surface area contributed by atoms with Gasteiger partial charge in [-0.2, -0.15) is 0 Å². The van der Waals surface area contributed by atoms with E-state index in [9.17, 15) is 13.2 Å². The minimum absolute atomic E-state index is 0.0163. The Morgan fingerprint density at radius 2 is 2.16 bits per heavy atom. The Bertz CT molecular complexity index is 631. The molecule has 0 aliphatic carbocycles. The van der Waals surface area contributed by atoms with Crippen LogP contribution in [0, 0.1) is 6.92 Å². The molecule has 1 aromatic rings. The molecule has 0 aromatic carbocycles. The summed E-state index contributed by atoms with van der Waals surface area (Å²) in [6.45, 7) is 1.68. The first-order chi connectivity index (χ1) is 8.68. The zero-order valence-corrected chi connectivity index (χ0v) is 14.0. The van der Waals surface area contributed by atoms with Crippen LogP contribution in [0.25, 0.3) is 0 Å². The summed E-state index contributed by atoms with van der Waals surface area (Å²) >= 11 is 6.66. The van der Waals surface area contributed by atoms with E-state index in [0.717, 1.165) is 6.26 Å². The molecule has 1 rings (SSSR count). The van der Waals surface area contributed by atoms with Crippen molar-refractivity contribution in [1.29, 1.82) is 0 Å². The molecule has 0 aliphatic rings. The second kappa shape index (κ2) is 6.09. The Morgan fingerprint density at radius 1 is 1.58 bits per heavy atom. The number of carbonyl (C=O) groups excluding carboxylic acids is 1. The molecule has 0 aliphatic heterocycles. The second-order valence-electron chi connectivity index (χ2n) is 3.76. The van der Waals surface area contributed by atoms with E-state index in [2.05, 4.69) is 4.98 Å². The predicted molar refractivity (Wildman–Crippen MR) is 86.1 cm³/mol. The highest BCUT2D eigenvalue weighted by Crippen LogP contribution is 2.24. The molecule has 104 valence electrons. The van der Waals surface area contributed by atoms with E-state index in [1.54, 1.807) is 29.5 Å². The molecule has 19 heavy (non-hydrogen) atoms. The van der Waals surface area contributed by atoms with Gasteiger partial charge in [-0.25, -0.2) is 12.7 Å². The van der Waals surface area contributed by atoms with Crippen molar-refractivity contribution in [2.24, 2.45) is 5.73 Å². The normalized spacial score (nSPS) is 11.1. The smallest absolute Gasteiger partial charge is 0.250 e. The molecule has 0 bridgehead atoms. The van der Waals surface area contributed by atoms with Gasteiger partial charge in [0.2, 0.25) is 10.0 Å². The lowest BCUT2D eigenvalue weighted by Gasteiger charge is -2.22. The Balaban J connectivity index is 3.59. The van der Waals surface area contributed by atoms with Crippen LogP contribution in [0.3, 0.4) is 0 Å². The van der Waals surface area contributed by atoms with Crippen molar-refractivity contribution in [2.75, 3.05) is 15.0 Å². The van der Waals surface area contributed by atoms with Crippen molar-refractivity contribution in [3.8, 4) is 0 Å². The van der Waals surface area contributed by atoms with Gasteiger partial charge in [0.15, 0.2) is 0 Å². The van der Waals surface area contributed by atoms with Crippen LogP contribution in [0.5, 0.6) is 0 Å². The lowest BCUT2D eigenvalue weighted by molar-refractivity contribution is -0.114. The maximum Gasteiger partial charge on any atom is 0.250 e. The van der Waals surface area contributed by atoms with E-state index in [1.165, 1.54) is 12.3 Å². The van der Waals surface area contributed by atoms with Crippen LogP contribution in [0.1, 0.15) is 11.3 Å². The molecular formula is C10H12IN3O3S2. The third-order valence-corrected chi connectivity index (χ3v) is 4.11. The van der Waals surface area contributed by atoms with E-state index in [0.29, 0.717) is 10.00 Å². The molecule has 0 saturated carbocycles. The fraction of sp³-hybridized carbons (Fsp3) is 0.300. The van der Waals surface area contributed by atoms with E-state index >= 15 is 0 Å². The average molecular weight is 413 g/mol. The van der Waals surface area contributed by atoms with Crippen LogP contribution < -0.4 is 10.0 Å². The number of pyridine rings is 1. The summed E-state index contributed by atoms with van der Waals surface area (Å²) in [6.07, 6.45) is 2.32. The predicted octanol–water partition coefficient (Wildman–Crippen LogP) is 0.752. The molecule has 2 N–H and O–H groups in total. The van der Waals surface area contributed by atoms with Crippen molar-refractivity contribution in [3.05, 3.63) is 23.5 Å².